The number of likely N-dealkylation sites (tertiary alicyclic amines) is 1. The zero-order valence-electron chi connectivity index (χ0n) is 13.4. The molecule has 1 aliphatic heterocycles. The molecule has 0 spiro atoms. The Kier molecular flexibility index (Phi) is 4.66. The van der Waals surface area contributed by atoms with E-state index in [0.717, 1.165) is 6.42 Å². The van der Waals surface area contributed by atoms with E-state index in [2.05, 4.69) is 15.5 Å². The van der Waals surface area contributed by atoms with Crippen LogP contribution in [0.5, 0.6) is 0 Å². The van der Waals surface area contributed by atoms with Crippen LogP contribution in [0.2, 0.25) is 0 Å². The molecular formula is C16H19FN6O. The fourth-order valence-corrected chi connectivity index (χ4v) is 2.76. The number of amides is 1. The van der Waals surface area contributed by atoms with Crippen LogP contribution in [0.15, 0.2) is 24.3 Å². The van der Waals surface area contributed by atoms with Crippen molar-refractivity contribution in [2.45, 2.75) is 13.3 Å². The van der Waals surface area contributed by atoms with E-state index in [-0.39, 0.29) is 11.7 Å². The van der Waals surface area contributed by atoms with Crippen LogP contribution in [0.4, 0.5) is 4.39 Å². The first-order chi connectivity index (χ1) is 11.6. The first kappa shape index (κ1) is 16.3. The molecule has 1 amide bonds. The van der Waals surface area contributed by atoms with Crippen LogP contribution in [0, 0.1) is 18.7 Å². The summed E-state index contributed by atoms with van der Waals surface area (Å²) in [5.74, 6) is 0.330. The highest BCUT2D eigenvalue weighted by molar-refractivity contribution is 6.18. The molecule has 0 bridgehead atoms. The van der Waals surface area contributed by atoms with E-state index in [0.29, 0.717) is 42.6 Å². The standard InChI is InChI=1S/C16H19FN6O/c1-11-19-20-21-23(11)15(8-12-2-4-14(17)5-3-12)16(24)22-7-6-13(9-18)10-22/h2-5,8,13H,6-7,9-10,18H2,1H3/b15-8-/t13-/m0/s1. The molecule has 8 heteroatoms. The quantitative estimate of drug-likeness (QED) is 0.842. The molecule has 2 heterocycles. The lowest BCUT2D eigenvalue weighted by Gasteiger charge is -2.18. The van der Waals surface area contributed by atoms with Gasteiger partial charge in [-0.2, -0.15) is 4.68 Å². The third-order valence-electron chi connectivity index (χ3n) is 4.15. The van der Waals surface area contributed by atoms with Crippen molar-refractivity contribution in [3.05, 3.63) is 41.5 Å². The maximum atomic E-state index is 13.1. The topological polar surface area (TPSA) is 89.9 Å². The summed E-state index contributed by atoms with van der Waals surface area (Å²) in [5.41, 5.74) is 6.74. The minimum atomic E-state index is -0.330. The van der Waals surface area contributed by atoms with Gasteiger partial charge in [0.05, 0.1) is 0 Å². The molecule has 1 fully saturated rings. The van der Waals surface area contributed by atoms with Gasteiger partial charge in [-0.3, -0.25) is 4.79 Å². The number of rotatable bonds is 4. The first-order valence-corrected chi connectivity index (χ1v) is 7.80. The summed E-state index contributed by atoms with van der Waals surface area (Å²) < 4.78 is 14.5. The van der Waals surface area contributed by atoms with Crippen LogP contribution >= 0.6 is 0 Å². The van der Waals surface area contributed by atoms with Gasteiger partial charge in [0.2, 0.25) is 0 Å². The van der Waals surface area contributed by atoms with Gasteiger partial charge in [-0.15, -0.1) is 5.10 Å². The van der Waals surface area contributed by atoms with Crippen molar-refractivity contribution in [1.29, 1.82) is 0 Å². The summed E-state index contributed by atoms with van der Waals surface area (Å²) in [6.45, 7) is 3.56. The normalized spacial score (nSPS) is 18.2. The highest BCUT2D eigenvalue weighted by Gasteiger charge is 2.29. The van der Waals surface area contributed by atoms with E-state index in [1.54, 1.807) is 30.0 Å². The number of aryl methyl sites for hydroxylation is 1. The molecule has 0 radical (unpaired) electrons. The Bertz CT molecular complexity index is 754. The Balaban J connectivity index is 1.95. The summed E-state index contributed by atoms with van der Waals surface area (Å²) in [6.07, 6.45) is 2.56. The molecule has 7 nitrogen and oxygen atoms in total. The number of nitrogens with two attached hydrogens (primary N) is 1. The monoisotopic (exact) mass is 330 g/mol. The average Bonchev–Trinajstić information content (AvgIpc) is 3.22. The molecule has 126 valence electrons. The van der Waals surface area contributed by atoms with Crippen LogP contribution in [0.1, 0.15) is 17.8 Å². The second-order valence-corrected chi connectivity index (χ2v) is 5.86. The summed E-state index contributed by atoms with van der Waals surface area (Å²) in [5, 5.41) is 11.4. The Labute approximate surface area is 138 Å². The van der Waals surface area contributed by atoms with E-state index in [9.17, 15) is 9.18 Å². The van der Waals surface area contributed by atoms with Gasteiger partial charge in [0.1, 0.15) is 11.5 Å². The third-order valence-corrected chi connectivity index (χ3v) is 4.15. The highest BCUT2D eigenvalue weighted by Crippen LogP contribution is 2.21. The van der Waals surface area contributed by atoms with E-state index < -0.39 is 0 Å². The molecule has 2 aromatic rings. The summed E-state index contributed by atoms with van der Waals surface area (Å²) in [4.78, 5) is 14.7. The molecular weight excluding hydrogens is 311 g/mol. The summed E-state index contributed by atoms with van der Waals surface area (Å²) in [7, 11) is 0. The Morgan fingerprint density at radius 2 is 2.17 bits per heavy atom. The number of hydrogen-bond acceptors (Lipinski definition) is 5. The Morgan fingerprint density at radius 1 is 1.42 bits per heavy atom. The number of carbonyl (C=O) groups excluding carboxylic acids is 1. The molecule has 1 atom stereocenters. The number of carbonyl (C=O) groups is 1. The molecule has 24 heavy (non-hydrogen) atoms. The van der Waals surface area contributed by atoms with Crippen LogP contribution in [-0.4, -0.2) is 50.6 Å². The summed E-state index contributed by atoms with van der Waals surface area (Å²) >= 11 is 0. The number of hydrogen-bond donors (Lipinski definition) is 1. The minimum Gasteiger partial charge on any atom is -0.337 e. The third kappa shape index (κ3) is 3.33. The Hall–Kier alpha value is -2.61. The van der Waals surface area contributed by atoms with Gasteiger partial charge < -0.3 is 10.6 Å². The smallest absolute Gasteiger partial charge is 0.272 e. The van der Waals surface area contributed by atoms with Crippen molar-refractivity contribution in [1.82, 2.24) is 25.1 Å². The SMILES string of the molecule is Cc1nnnn1/C(=C\c1ccc(F)cc1)C(=O)N1CC[C@@H](CN)C1. The van der Waals surface area contributed by atoms with Crippen molar-refractivity contribution in [3.8, 4) is 0 Å². The van der Waals surface area contributed by atoms with Gasteiger partial charge in [-0.25, -0.2) is 4.39 Å². The average molecular weight is 330 g/mol. The van der Waals surface area contributed by atoms with E-state index in [1.165, 1.54) is 16.8 Å². The lowest BCUT2D eigenvalue weighted by Crippen LogP contribution is -2.32. The predicted octanol–water partition coefficient (Wildman–Crippen LogP) is 0.926. The lowest BCUT2D eigenvalue weighted by molar-refractivity contribution is -0.124. The van der Waals surface area contributed by atoms with Crippen molar-refractivity contribution < 1.29 is 9.18 Å². The molecule has 1 aromatic carbocycles. The van der Waals surface area contributed by atoms with Crippen LogP contribution in [0.3, 0.4) is 0 Å². The van der Waals surface area contributed by atoms with Gasteiger partial charge in [0.25, 0.3) is 5.91 Å². The van der Waals surface area contributed by atoms with Crippen molar-refractivity contribution in [2.24, 2.45) is 11.7 Å². The fourth-order valence-electron chi connectivity index (χ4n) is 2.76. The second kappa shape index (κ2) is 6.88. The predicted molar refractivity (Wildman–Crippen MR) is 86.9 cm³/mol. The maximum absolute atomic E-state index is 13.1. The number of benzene rings is 1. The highest BCUT2D eigenvalue weighted by atomic mass is 19.1. The van der Waals surface area contributed by atoms with Crippen LogP contribution in [-0.2, 0) is 4.79 Å². The molecule has 1 saturated heterocycles. The van der Waals surface area contributed by atoms with Gasteiger partial charge in [-0.1, -0.05) is 12.1 Å². The lowest BCUT2D eigenvalue weighted by atomic mass is 10.1. The van der Waals surface area contributed by atoms with E-state index >= 15 is 0 Å². The number of tetrazole rings is 1. The number of nitrogens with zero attached hydrogens (tertiary/aromatic N) is 5. The van der Waals surface area contributed by atoms with E-state index in [1.807, 2.05) is 0 Å². The number of aromatic nitrogens is 4. The van der Waals surface area contributed by atoms with Gasteiger partial charge >= 0.3 is 0 Å². The van der Waals surface area contributed by atoms with Crippen LogP contribution < -0.4 is 5.73 Å². The molecule has 0 unspecified atom stereocenters. The maximum Gasteiger partial charge on any atom is 0.272 e. The minimum absolute atomic E-state index is 0.161. The molecule has 3 rings (SSSR count). The molecule has 1 aromatic heterocycles. The van der Waals surface area contributed by atoms with Crippen molar-refractivity contribution in [2.75, 3.05) is 19.6 Å². The van der Waals surface area contributed by atoms with Gasteiger partial charge in [-0.05, 0) is 60.0 Å². The zero-order chi connectivity index (χ0) is 17.1. The molecule has 0 aliphatic carbocycles. The fraction of sp³-hybridized carbons (Fsp3) is 0.375. The zero-order valence-corrected chi connectivity index (χ0v) is 13.4. The van der Waals surface area contributed by atoms with Gasteiger partial charge in [0, 0.05) is 13.1 Å². The number of halogens is 1. The molecule has 1 aliphatic rings. The van der Waals surface area contributed by atoms with Crippen molar-refractivity contribution in [3.63, 3.8) is 0 Å². The van der Waals surface area contributed by atoms with Crippen molar-refractivity contribution >= 4 is 17.7 Å². The van der Waals surface area contributed by atoms with E-state index in [4.69, 9.17) is 5.73 Å². The first-order valence-electron chi connectivity index (χ1n) is 7.80. The molecule has 2 N–H and O–H groups in total. The molecule has 0 saturated carbocycles. The largest absolute Gasteiger partial charge is 0.337 e. The Morgan fingerprint density at radius 3 is 2.75 bits per heavy atom. The second-order valence-electron chi connectivity index (χ2n) is 5.86. The summed E-state index contributed by atoms with van der Waals surface area (Å²) in [6, 6.07) is 5.91. The van der Waals surface area contributed by atoms with Gasteiger partial charge in [0.15, 0.2) is 5.82 Å². The van der Waals surface area contributed by atoms with Crippen LogP contribution in [0.25, 0.3) is 11.8 Å².